The van der Waals surface area contributed by atoms with Gasteiger partial charge >= 0.3 is 0 Å². The molecule has 28 heavy (non-hydrogen) atoms. The first-order valence-corrected chi connectivity index (χ1v) is 11.2. The van der Waals surface area contributed by atoms with E-state index in [1.54, 1.807) is 13.3 Å². The largest absolute Gasteiger partial charge is 0.497 e. The van der Waals surface area contributed by atoms with Gasteiger partial charge in [0.05, 0.1) is 13.3 Å². The highest BCUT2D eigenvalue weighted by Crippen LogP contribution is 2.13. The fraction of sp³-hybridized carbons (Fsp3) is 0.667. The number of rotatable bonds is 17. The lowest BCUT2D eigenvalue weighted by atomic mass is 10.0. The molecule has 4 heteroatoms. The van der Waals surface area contributed by atoms with E-state index in [1.165, 1.54) is 70.6 Å². The summed E-state index contributed by atoms with van der Waals surface area (Å²) in [7, 11) is 1.64. The van der Waals surface area contributed by atoms with Crippen LogP contribution in [0.1, 0.15) is 102 Å². The first-order chi connectivity index (χ1) is 13.8. The topological polar surface area (TPSA) is 50.7 Å². The molecule has 0 heterocycles. The van der Waals surface area contributed by atoms with Crippen molar-refractivity contribution in [1.29, 1.82) is 0 Å². The zero-order chi connectivity index (χ0) is 20.3. The summed E-state index contributed by atoms with van der Waals surface area (Å²) in [6.07, 6.45) is 19.3. The van der Waals surface area contributed by atoms with E-state index < -0.39 is 0 Å². The number of hydrogen-bond donors (Lipinski definition) is 1. The summed E-state index contributed by atoms with van der Waals surface area (Å²) in [6, 6.07) is 7.55. The molecule has 0 unspecified atom stereocenters. The van der Waals surface area contributed by atoms with Gasteiger partial charge in [0.1, 0.15) is 5.75 Å². The molecular weight excluding hydrogens is 348 g/mol. The van der Waals surface area contributed by atoms with E-state index in [0.717, 1.165) is 24.2 Å². The number of hydrogen-bond acceptors (Lipinski definition) is 3. The third-order valence-corrected chi connectivity index (χ3v) is 5.03. The van der Waals surface area contributed by atoms with E-state index in [1.807, 2.05) is 24.3 Å². The Bertz CT molecular complexity index is 526. The number of benzene rings is 1. The Kier molecular flexibility index (Phi) is 14.9. The van der Waals surface area contributed by atoms with Crippen LogP contribution in [0.25, 0.3) is 0 Å². The summed E-state index contributed by atoms with van der Waals surface area (Å²) in [5.74, 6) is 0.802. The Morgan fingerprint density at radius 2 is 1.36 bits per heavy atom. The second-order valence-electron chi connectivity index (χ2n) is 7.56. The Balaban J connectivity index is 1.90. The van der Waals surface area contributed by atoms with E-state index in [4.69, 9.17) is 4.74 Å². The van der Waals surface area contributed by atoms with Gasteiger partial charge in [-0.1, -0.05) is 84.0 Å². The van der Waals surface area contributed by atoms with Crippen LogP contribution in [0.3, 0.4) is 0 Å². The summed E-state index contributed by atoms with van der Waals surface area (Å²) in [6.45, 7) is 2.27. The second kappa shape index (κ2) is 17.3. The number of nitrogens with one attached hydrogen (secondary N) is 1. The zero-order valence-corrected chi connectivity index (χ0v) is 18.0. The quantitative estimate of drug-likeness (QED) is 0.185. The number of carbonyl (C=O) groups is 1. The van der Waals surface area contributed by atoms with Crippen LogP contribution >= 0.6 is 0 Å². The van der Waals surface area contributed by atoms with Gasteiger partial charge in [0.2, 0.25) is 5.91 Å². The van der Waals surface area contributed by atoms with Crippen LogP contribution in [-0.2, 0) is 4.79 Å². The number of amides is 1. The molecule has 0 saturated carbocycles. The van der Waals surface area contributed by atoms with Crippen LogP contribution in [-0.4, -0.2) is 19.2 Å². The number of ether oxygens (including phenoxy) is 1. The van der Waals surface area contributed by atoms with Gasteiger partial charge in [-0.25, -0.2) is 5.43 Å². The first-order valence-electron chi connectivity index (χ1n) is 11.2. The van der Waals surface area contributed by atoms with Crippen molar-refractivity contribution in [3.8, 4) is 5.75 Å². The monoisotopic (exact) mass is 388 g/mol. The minimum atomic E-state index is -0.00663. The lowest BCUT2D eigenvalue weighted by molar-refractivity contribution is -0.121. The van der Waals surface area contributed by atoms with Gasteiger partial charge in [0, 0.05) is 6.42 Å². The Hall–Kier alpha value is -1.84. The van der Waals surface area contributed by atoms with E-state index in [0.29, 0.717) is 6.42 Å². The van der Waals surface area contributed by atoms with Gasteiger partial charge in [0.25, 0.3) is 0 Å². The van der Waals surface area contributed by atoms with Crippen molar-refractivity contribution in [3.63, 3.8) is 0 Å². The van der Waals surface area contributed by atoms with Crippen LogP contribution < -0.4 is 10.2 Å². The fourth-order valence-corrected chi connectivity index (χ4v) is 3.23. The molecule has 1 amide bonds. The highest BCUT2D eigenvalue weighted by Gasteiger charge is 1.99. The molecule has 0 bridgehead atoms. The maximum Gasteiger partial charge on any atom is 0.240 e. The standard InChI is InChI=1S/C24H40N2O2/c1-3-4-5-6-7-8-9-10-11-12-13-14-15-16-24(27)26-25-21-22-17-19-23(28-2)20-18-22/h17-21H,3-16H2,1-2H3,(H,26,27)/b25-21+. The van der Waals surface area contributed by atoms with Crippen molar-refractivity contribution >= 4 is 12.1 Å². The third-order valence-electron chi connectivity index (χ3n) is 5.03. The average Bonchev–Trinajstić information content (AvgIpc) is 2.72. The third kappa shape index (κ3) is 13.3. The lowest BCUT2D eigenvalue weighted by Crippen LogP contribution is -2.16. The van der Waals surface area contributed by atoms with Crippen LogP contribution in [0.4, 0.5) is 0 Å². The van der Waals surface area contributed by atoms with E-state index >= 15 is 0 Å². The molecule has 0 aliphatic heterocycles. The van der Waals surface area contributed by atoms with Gasteiger partial charge in [0.15, 0.2) is 0 Å². The molecule has 4 nitrogen and oxygen atoms in total. The zero-order valence-electron chi connectivity index (χ0n) is 18.0. The van der Waals surface area contributed by atoms with Crippen LogP contribution in [0, 0.1) is 0 Å². The van der Waals surface area contributed by atoms with E-state index in [2.05, 4.69) is 17.5 Å². The van der Waals surface area contributed by atoms with Gasteiger partial charge in [-0.2, -0.15) is 5.10 Å². The van der Waals surface area contributed by atoms with E-state index in [9.17, 15) is 4.79 Å². The number of methoxy groups -OCH3 is 1. The summed E-state index contributed by atoms with van der Waals surface area (Å²) in [4.78, 5) is 11.8. The second-order valence-corrected chi connectivity index (χ2v) is 7.56. The van der Waals surface area contributed by atoms with Gasteiger partial charge in [-0.15, -0.1) is 0 Å². The van der Waals surface area contributed by atoms with Crippen LogP contribution in [0.15, 0.2) is 29.4 Å². The van der Waals surface area contributed by atoms with Crippen molar-refractivity contribution in [2.45, 2.75) is 96.8 Å². The molecule has 1 rings (SSSR count). The summed E-state index contributed by atoms with van der Waals surface area (Å²) < 4.78 is 5.11. The molecule has 0 aliphatic rings. The minimum absolute atomic E-state index is 0.00663. The molecule has 1 N–H and O–H groups in total. The molecule has 1 aromatic carbocycles. The van der Waals surface area contributed by atoms with Crippen molar-refractivity contribution in [2.75, 3.05) is 7.11 Å². The lowest BCUT2D eigenvalue weighted by Gasteiger charge is -2.03. The predicted octanol–water partition coefficient (Wildman–Crippen LogP) is 6.63. The molecule has 0 aromatic heterocycles. The molecule has 158 valence electrons. The molecule has 0 atom stereocenters. The number of carbonyl (C=O) groups excluding carboxylic acids is 1. The molecule has 1 aromatic rings. The van der Waals surface area contributed by atoms with Crippen molar-refractivity contribution in [2.24, 2.45) is 5.10 Å². The number of hydrazone groups is 1. The Morgan fingerprint density at radius 1 is 0.857 bits per heavy atom. The molecular formula is C24H40N2O2. The maximum absolute atomic E-state index is 11.8. The highest BCUT2D eigenvalue weighted by molar-refractivity contribution is 5.82. The molecule has 0 radical (unpaired) electrons. The van der Waals surface area contributed by atoms with Gasteiger partial charge < -0.3 is 4.74 Å². The van der Waals surface area contributed by atoms with Crippen molar-refractivity contribution in [3.05, 3.63) is 29.8 Å². The van der Waals surface area contributed by atoms with E-state index in [-0.39, 0.29) is 5.91 Å². The number of unbranched alkanes of at least 4 members (excludes halogenated alkanes) is 12. The minimum Gasteiger partial charge on any atom is -0.497 e. The smallest absolute Gasteiger partial charge is 0.240 e. The SMILES string of the molecule is CCCCCCCCCCCCCCCC(=O)N/N=C/c1ccc(OC)cc1. The molecule has 0 fully saturated rings. The normalized spacial score (nSPS) is 11.1. The van der Waals surface area contributed by atoms with Crippen molar-refractivity contribution in [1.82, 2.24) is 5.43 Å². The summed E-state index contributed by atoms with van der Waals surface area (Å²) >= 11 is 0. The van der Waals surface area contributed by atoms with Crippen molar-refractivity contribution < 1.29 is 9.53 Å². The molecule has 0 aliphatic carbocycles. The summed E-state index contributed by atoms with van der Waals surface area (Å²) in [5, 5.41) is 4.01. The first kappa shape index (κ1) is 24.2. The Morgan fingerprint density at radius 3 is 1.86 bits per heavy atom. The fourth-order valence-electron chi connectivity index (χ4n) is 3.23. The molecule has 0 spiro atoms. The van der Waals surface area contributed by atoms with Gasteiger partial charge in [-0.3, -0.25) is 4.79 Å². The molecule has 0 saturated heterocycles. The summed E-state index contributed by atoms with van der Waals surface area (Å²) in [5.41, 5.74) is 3.53. The maximum atomic E-state index is 11.8. The van der Waals surface area contributed by atoms with Crippen LogP contribution in [0.5, 0.6) is 5.75 Å². The van der Waals surface area contributed by atoms with Crippen LogP contribution in [0.2, 0.25) is 0 Å². The predicted molar refractivity (Wildman–Crippen MR) is 119 cm³/mol. The average molecular weight is 389 g/mol. The Labute approximate surface area is 172 Å². The van der Waals surface area contributed by atoms with Gasteiger partial charge in [-0.05, 0) is 36.2 Å². The highest BCUT2D eigenvalue weighted by atomic mass is 16.5. The number of nitrogens with zero attached hydrogens (tertiary/aromatic N) is 1.